The Morgan fingerprint density at radius 3 is 2.69 bits per heavy atom. The zero-order chi connectivity index (χ0) is 17.8. The molecule has 2 heterocycles. The minimum atomic E-state index is -0.160. The van der Waals surface area contributed by atoms with Gasteiger partial charge in [0.2, 0.25) is 0 Å². The van der Waals surface area contributed by atoms with Crippen LogP contribution in [0.5, 0.6) is 0 Å². The van der Waals surface area contributed by atoms with Crippen molar-refractivity contribution in [3.63, 3.8) is 0 Å². The Hall–Kier alpha value is -2.01. The number of hydrogen-bond acceptors (Lipinski definition) is 4. The number of hydrogen-bond donors (Lipinski definition) is 1. The fourth-order valence-electron chi connectivity index (χ4n) is 3.85. The number of anilines is 1. The minimum absolute atomic E-state index is 0.160. The maximum atomic E-state index is 13.0. The van der Waals surface area contributed by atoms with E-state index < -0.39 is 0 Å². The van der Waals surface area contributed by atoms with Crippen LogP contribution in [-0.2, 0) is 6.42 Å². The largest absolute Gasteiger partial charge is 0.355 e. The smallest absolute Gasteiger partial charge is 0.147 e. The van der Waals surface area contributed by atoms with Crippen molar-refractivity contribution < 1.29 is 4.39 Å². The van der Waals surface area contributed by atoms with Gasteiger partial charge in [0.1, 0.15) is 11.6 Å². The van der Waals surface area contributed by atoms with E-state index in [-0.39, 0.29) is 5.82 Å². The molecule has 2 fully saturated rings. The Morgan fingerprint density at radius 2 is 1.88 bits per heavy atom. The Balaban J connectivity index is 1.20. The van der Waals surface area contributed by atoms with Gasteiger partial charge in [-0.05, 0) is 62.8 Å². The van der Waals surface area contributed by atoms with Gasteiger partial charge in [0.25, 0.3) is 0 Å². The molecule has 138 valence electrons. The van der Waals surface area contributed by atoms with Crippen molar-refractivity contribution in [3.05, 3.63) is 53.7 Å². The van der Waals surface area contributed by atoms with Gasteiger partial charge in [-0.1, -0.05) is 12.1 Å². The maximum absolute atomic E-state index is 13.0. The minimum Gasteiger partial charge on any atom is -0.355 e. The van der Waals surface area contributed by atoms with Crippen LogP contribution in [0, 0.1) is 5.82 Å². The zero-order valence-corrected chi connectivity index (χ0v) is 15.2. The summed E-state index contributed by atoms with van der Waals surface area (Å²) in [6.45, 7) is 3.19. The molecule has 0 spiro atoms. The lowest BCUT2D eigenvalue weighted by molar-refractivity contribution is 0.571. The number of nitrogens with one attached hydrogen (secondary N) is 1. The molecule has 1 N–H and O–H groups in total. The molecule has 2 aliphatic rings. The van der Waals surface area contributed by atoms with E-state index in [1.807, 2.05) is 24.5 Å². The molecule has 1 aromatic carbocycles. The molecule has 1 aliphatic heterocycles. The van der Waals surface area contributed by atoms with Gasteiger partial charge in [-0.15, -0.1) is 0 Å². The van der Waals surface area contributed by atoms with Crippen LogP contribution < -0.4 is 10.2 Å². The molecule has 1 saturated heterocycles. The summed E-state index contributed by atoms with van der Waals surface area (Å²) in [5.41, 5.74) is 2.32. The second-order valence-corrected chi connectivity index (χ2v) is 7.47. The van der Waals surface area contributed by atoms with Gasteiger partial charge < -0.3 is 10.2 Å². The molecule has 0 radical (unpaired) electrons. The third-order valence-electron chi connectivity index (χ3n) is 5.46. The van der Waals surface area contributed by atoms with E-state index in [1.165, 1.54) is 24.8 Å². The van der Waals surface area contributed by atoms with Gasteiger partial charge >= 0.3 is 0 Å². The molecule has 1 aromatic heterocycles. The van der Waals surface area contributed by atoms with E-state index in [1.54, 1.807) is 12.1 Å². The average Bonchev–Trinajstić information content (AvgIpc) is 3.46. The third kappa shape index (κ3) is 4.39. The average molecular weight is 354 g/mol. The predicted octanol–water partition coefficient (Wildman–Crippen LogP) is 3.68. The van der Waals surface area contributed by atoms with Crippen molar-refractivity contribution in [3.8, 4) is 0 Å². The molecule has 1 saturated carbocycles. The predicted molar refractivity (Wildman–Crippen MR) is 102 cm³/mol. The molecule has 5 heteroatoms. The van der Waals surface area contributed by atoms with Crippen molar-refractivity contribution in [2.24, 2.45) is 0 Å². The number of nitrogens with zero attached hydrogens (tertiary/aromatic N) is 3. The highest BCUT2D eigenvalue weighted by molar-refractivity contribution is 5.36. The summed E-state index contributed by atoms with van der Waals surface area (Å²) in [6, 6.07) is 7.45. The molecule has 2 aromatic rings. The highest BCUT2D eigenvalue weighted by Gasteiger charge is 2.37. The maximum Gasteiger partial charge on any atom is 0.147 e. The fourth-order valence-corrected chi connectivity index (χ4v) is 3.85. The molecule has 4 nitrogen and oxygen atoms in total. The number of halogens is 1. The number of aryl methyl sites for hydroxylation is 1. The molecular weight excluding hydrogens is 327 g/mol. The number of benzene rings is 1. The number of aromatic nitrogens is 2. The molecule has 0 amide bonds. The van der Waals surface area contributed by atoms with E-state index >= 15 is 0 Å². The van der Waals surface area contributed by atoms with Crippen molar-refractivity contribution in [2.75, 3.05) is 24.5 Å². The van der Waals surface area contributed by atoms with Crippen LogP contribution in [0.15, 0.2) is 36.7 Å². The molecule has 4 rings (SSSR count). The molecular formula is C21H27FN4. The van der Waals surface area contributed by atoms with Gasteiger partial charge in [-0.2, -0.15) is 0 Å². The Kier molecular flexibility index (Phi) is 5.44. The topological polar surface area (TPSA) is 41.1 Å². The summed E-state index contributed by atoms with van der Waals surface area (Å²) >= 11 is 0. The molecule has 26 heavy (non-hydrogen) atoms. The van der Waals surface area contributed by atoms with Crippen LogP contribution in [0.4, 0.5) is 10.2 Å². The first-order valence-corrected chi connectivity index (χ1v) is 9.84. The normalized spacial score (nSPS) is 22.4. The fraction of sp³-hybridized carbons (Fsp3) is 0.524. The molecule has 1 aliphatic carbocycles. The summed E-state index contributed by atoms with van der Waals surface area (Å²) < 4.78 is 13.0. The second kappa shape index (κ2) is 8.12. The van der Waals surface area contributed by atoms with Crippen molar-refractivity contribution in [2.45, 2.75) is 50.5 Å². The second-order valence-electron chi connectivity index (χ2n) is 7.47. The zero-order valence-electron chi connectivity index (χ0n) is 15.2. The van der Waals surface area contributed by atoms with Gasteiger partial charge in [-0.3, -0.25) is 4.98 Å². The van der Waals surface area contributed by atoms with Crippen molar-refractivity contribution in [1.82, 2.24) is 15.3 Å². The van der Waals surface area contributed by atoms with Crippen LogP contribution in [0.3, 0.4) is 0 Å². The van der Waals surface area contributed by atoms with Crippen molar-refractivity contribution in [1.29, 1.82) is 0 Å². The Bertz CT molecular complexity index is 712. The van der Waals surface area contributed by atoms with Gasteiger partial charge in [0.05, 0.1) is 11.9 Å². The van der Waals surface area contributed by atoms with Crippen LogP contribution in [0.25, 0.3) is 0 Å². The first kappa shape index (κ1) is 17.4. The highest BCUT2D eigenvalue weighted by atomic mass is 19.1. The van der Waals surface area contributed by atoms with E-state index in [0.29, 0.717) is 12.0 Å². The van der Waals surface area contributed by atoms with E-state index in [2.05, 4.69) is 15.2 Å². The SMILES string of the molecule is Fc1ccc([C@@H]2C[C@H]2NCCCc2cncc(N3CCCCC3)n2)cc1. The summed E-state index contributed by atoms with van der Waals surface area (Å²) in [7, 11) is 0. The van der Waals surface area contributed by atoms with Crippen LogP contribution in [0.1, 0.15) is 49.3 Å². The molecule has 2 atom stereocenters. The first-order chi connectivity index (χ1) is 12.8. The summed E-state index contributed by atoms with van der Waals surface area (Å²) in [6.07, 6.45) is 10.8. The number of rotatable bonds is 7. The lowest BCUT2D eigenvalue weighted by atomic mass is 10.1. The Morgan fingerprint density at radius 1 is 1.08 bits per heavy atom. The van der Waals surface area contributed by atoms with Gasteiger partial charge in [-0.25, -0.2) is 9.37 Å². The van der Waals surface area contributed by atoms with E-state index in [0.717, 1.165) is 50.4 Å². The van der Waals surface area contributed by atoms with E-state index in [9.17, 15) is 4.39 Å². The highest BCUT2D eigenvalue weighted by Crippen LogP contribution is 2.40. The third-order valence-corrected chi connectivity index (χ3v) is 5.46. The van der Waals surface area contributed by atoms with E-state index in [4.69, 9.17) is 4.98 Å². The standard InChI is InChI=1S/C21H27FN4/c22-17-8-6-16(7-9-17)19-13-20(19)24-10-4-5-18-14-23-15-21(25-18)26-11-2-1-3-12-26/h6-9,14-15,19-20,24H,1-5,10-13H2/t19-,20+/m0/s1. The Labute approximate surface area is 154 Å². The lowest BCUT2D eigenvalue weighted by Gasteiger charge is -2.27. The lowest BCUT2D eigenvalue weighted by Crippen LogP contribution is -2.30. The van der Waals surface area contributed by atoms with Crippen LogP contribution >= 0.6 is 0 Å². The van der Waals surface area contributed by atoms with Crippen LogP contribution in [0.2, 0.25) is 0 Å². The van der Waals surface area contributed by atoms with Gasteiger partial charge in [0, 0.05) is 31.2 Å². The quantitative estimate of drug-likeness (QED) is 0.770. The first-order valence-electron chi connectivity index (χ1n) is 9.84. The summed E-state index contributed by atoms with van der Waals surface area (Å²) in [4.78, 5) is 11.5. The summed E-state index contributed by atoms with van der Waals surface area (Å²) in [5.74, 6) is 1.42. The van der Waals surface area contributed by atoms with Gasteiger partial charge in [0.15, 0.2) is 0 Å². The van der Waals surface area contributed by atoms with Crippen molar-refractivity contribution >= 4 is 5.82 Å². The number of piperidine rings is 1. The molecule has 0 bridgehead atoms. The van der Waals surface area contributed by atoms with Crippen LogP contribution in [-0.4, -0.2) is 35.6 Å². The summed E-state index contributed by atoms with van der Waals surface area (Å²) in [5, 5.41) is 3.62. The monoisotopic (exact) mass is 354 g/mol. The molecule has 0 unspecified atom stereocenters.